The van der Waals surface area contributed by atoms with Crippen molar-refractivity contribution in [3.63, 3.8) is 0 Å². The monoisotopic (exact) mass is 392 g/mol. The molecular formula is C14H14Cl2N2O3S2. The van der Waals surface area contributed by atoms with Crippen LogP contribution in [0.5, 0.6) is 0 Å². The molecule has 2 saturated heterocycles. The number of aliphatic imine (C=N–C) groups is 1. The summed E-state index contributed by atoms with van der Waals surface area (Å²) in [5.74, 6) is -0.117. The van der Waals surface area contributed by atoms with E-state index in [2.05, 4.69) is 4.99 Å². The highest BCUT2D eigenvalue weighted by molar-refractivity contribution is 8.16. The van der Waals surface area contributed by atoms with Crippen molar-refractivity contribution >= 4 is 61.6 Å². The lowest BCUT2D eigenvalue weighted by Gasteiger charge is -2.24. The van der Waals surface area contributed by atoms with Crippen molar-refractivity contribution in [3.8, 4) is 0 Å². The van der Waals surface area contributed by atoms with Crippen molar-refractivity contribution in [1.29, 1.82) is 0 Å². The Morgan fingerprint density at radius 3 is 2.57 bits per heavy atom. The summed E-state index contributed by atoms with van der Waals surface area (Å²) in [4.78, 5) is 17.6. The Morgan fingerprint density at radius 1 is 1.30 bits per heavy atom. The van der Waals surface area contributed by atoms with Crippen LogP contribution in [0.15, 0.2) is 23.2 Å². The molecule has 2 heterocycles. The molecule has 1 aromatic rings. The number of amidine groups is 1. The number of amides is 1. The Labute approximate surface area is 149 Å². The largest absolute Gasteiger partial charge is 0.315 e. The average molecular weight is 393 g/mol. The SMILES string of the molecule is CCC(=O)N=C1S[C@@H]2CS(=O)(=O)C[C@H]2N1c1cc(Cl)cc(Cl)c1. The molecule has 2 aliphatic heterocycles. The fourth-order valence-electron chi connectivity index (χ4n) is 2.73. The summed E-state index contributed by atoms with van der Waals surface area (Å²) in [6.45, 7) is 1.73. The molecule has 0 aliphatic carbocycles. The molecular weight excluding hydrogens is 379 g/mol. The lowest BCUT2D eigenvalue weighted by atomic mass is 10.2. The Morgan fingerprint density at radius 2 is 1.96 bits per heavy atom. The Kier molecular flexibility index (Phi) is 4.66. The van der Waals surface area contributed by atoms with Crippen molar-refractivity contribution in [2.24, 2.45) is 4.99 Å². The van der Waals surface area contributed by atoms with Gasteiger partial charge >= 0.3 is 0 Å². The van der Waals surface area contributed by atoms with Gasteiger partial charge in [0.05, 0.1) is 17.5 Å². The van der Waals surface area contributed by atoms with Crippen molar-refractivity contribution < 1.29 is 13.2 Å². The summed E-state index contributed by atoms with van der Waals surface area (Å²) < 4.78 is 23.9. The minimum atomic E-state index is -3.09. The van der Waals surface area contributed by atoms with Crippen LogP contribution in [0, 0.1) is 0 Å². The molecule has 5 nitrogen and oxygen atoms in total. The molecule has 1 aromatic carbocycles. The number of sulfone groups is 1. The standard InChI is InChI=1S/C14H14Cl2N2O3S2/c1-2-13(19)17-14-18(10-4-8(15)3-9(16)5-10)11-6-23(20,21)7-12(11)22-14/h3-5,11-12H,2,6-7H2,1H3/t11-,12-/m1/s1. The molecule has 0 saturated carbocycles. The Bertz CT molecular complexity index is 775. The zero-order chi connectivity index (χ0) is 16.8. The second-order valence-corrected chi connectivity index (χ2v) is 9.67. The lowest BCUT2D eigenvalue weighted by molar-refractivity contribution is -0.117. The molecule has 0 spiro atoms. The van der Waals surface area contributed by atoms with Crippen LogP contribution >= 0.6 is 35.0 Å². The third kappa shape index (κ3) is 3.52. The molecule has 0 radical (unpaired) electrons. The summed E-state index contributed by atoms with van der Waals surface area (Å²) in [6, 6.07) is 4.75. The molecule has 2 fully saturated rings. The van der Waals surface area contributed by atoms with Gasteiger partial charge in [-0.1, -0.05) is 41.9 Å². The number of halogens is 2. The van der Waals surface area contributed by atoms with E-state index in [1.165, 1.54) is 11.8 Å². The smallest absolute Gasteiger partial charge is 0.247 e. The third-order valence-electron chi connectivity index (χ3n) is 3.71. The van der Waals surface area contributed by atoms with Gasteiger partial charge in [-0.2, -0.15) is 4.99 Å². The zero-order valence-electron chi connectivity index (χ0n) is 12.2. The molecule has 0 aromatic heterocycles. The molecule has 9 heteroatoms. The highest BCUT2D eigenvalue weighted by Gasteiger charge is 2.49. The first-order chi connectivity index (χ1) is 10.8. The van der Waals surface area contributed by atoms with Crippen LogP contribution in [0.1, 0.15) is 13.3 Å². The fourth-order valence-corrected chi connectivity index (χ4v) is 7.18. The predicted octanol–water partition coefficient (Wildman–Crippen LogP) is 3.00. The molecule has 0 N–H and O–H groups in total. The van der Waals surface area contributed by atoms with Crippen molar-refractivity contribution in [3.05, 3.63) is 28.2 Å². The van der Waals surface area contributed by atoms with E-state index in [1.54, 1.807) is 30.0 Å². The van der Waals surface area contributed by atoms with Gasteiger partial charge in [-0.3, -0.25) is 4.79 Å². The van der Waals surface area contributed by atoms with Crippen LogP contribution in [0.3, 0.4) is 0 Å². The van der Waals surface area contributed by atoms with E-state index < -0.39 is 9.84 Å². The normalized spacial score (nSPS) is 27.4. The summed E-state index contributed by atoms with van der Waals surface area (Å²) in [5, 5.41) is 1.27. The van der Waals surface area contributed by atoms with Gasteiger partial charge in [0.25, 0.3) is 0 Å². The number of anilines is 1. The molecule has 2 aliphatic rings. The van der Waals surface area contributed by atoms with Crippen LogP contribution in [0.4, 0.5) is 5.69 Å². The van der Waals surface area contributed by atoms with E-state index in [4.69, 9.17) is 23.2 Å². The number of nitrogens with zero attached hydrogens (tertiary/aromatic N) is 2. The van der Waals surface area contributed by atoms with Crippen LogP contribution in [0.25, 0.3) is 0 Å². The number of thioether (sulfide) groups is 1. The molecule has 0 bridgehead atoms. The van der Waals surface area contributed by atoms with Gasteiger partial charge in [-0.05, 0) is 18.2 Å². The number of hydrogen-bond acceptors (Lipinski definition) is 4. The van der Waals surface area contributed by atoms with Gasteiger partial charge in [0, 0.05) is 27.4 Å². The maximum Gasteiger partial charge on any atom is 0.247 e. The van der Waals surface area contributed by atoms with Crippen LogP contribution < -0.4 is 4.90 Å². The maximum absolute atomic E-state index is 11.9. The highest BCUT2D eigenvalue weighted by Crippen LogP contribution is 2.42. The van der Waals surface area contributed by atoms with Gasteiger partial charge in [0.15, 0.2) is 15.0 Å². The van der Waals surface area contributed by atoms with Crippen molar-refractivity contribution in [1.82, 2.24) is 0 Å². The molecule has 124 valence electrons. The summed E-state index contributed by atoms with van der Waals surface area (Å²) in [6.07, 6.45) is 0.293. The van der Waals surface area contributed by atoms with Gasteiger partial charge < -0.3 is 4.90 Å². The Balaban J connectivity index is 2.06. The minimum absolute atomic E-state index is 0.0358. The van der Waals surface area contributed by atoms with E-state index in [0.29, 0.717) is 27.3 Å². The Hall–Kier alpha value is -0.760. The lowest BCUT2D eigenvalue weighted by Crippen LogP contribution is -2.37. The maximum atomic E-state index is 11.9. The van der Waals surface area contributed by atoms with E-state index in [1.807, 2.05) is 0 Å². The van der Waals surface area contributed by atoms with Crippen molar-refractivity contribution in [2.75, 3.05) is 16.4 Å². The van der Waals surface area contributed by atoms with Gasteiger partial charge in [0.2, 0.25) is 5.91 Å². The second-order valence-electron chi connectivity index (χ2n) is 5.44. The molecule has 23 heavy (non-hydrogen) atoms. The summed E-state index contributed by atoms with van der Waals surface area (Å²) >= 11 is 13.5. The number of fused-ring (bicyclic) bond motifs is 1. The zero-order valence-corrected chi connectivity index (χ0v) is 15.3. The molecule has 2 atom stereocenters. The summed E-state index contributed by atoms with van der Waals surface area (Å²) in [7, 11) is -3.09. The van der Waals surface area contributed by atoms with E-state index in [9.17, 15) is 13.2 Å². The quantitative estimate of drug-likeness (QED) is 0.773. The van der Waals surface area contributed by atoms with E-state index in [-0.39, 0.29) is 28.7 Å². The minimum Gasteiger partial charge on any atom is -0.315 e. The highest BCUT2D eigenvalue weighted by atomic mass is 35.5. The number of hydrogen-bond donors (Lipinski definition) is 0. The van der Waals surface area contributed by atoms with Crippen LogP contribution in [-0.4, -0.2) is 42.3 Å². The topological polar surface area (TPSA) is 66.8 Å². The van der Waals surface area contributed by atoms with Gasteiger partial charge in [-0.25, -0.2) is 8.42 Å². The fraction of sp³-hybridized carbons (Fsp3) is 0.429. The van der Waals surface area contributed by atoms with Crippen molar-refractivity contribution in [2.45, 2.75) is 24.6 Å². The molecule has 3 rings (SSSR count). The van der Waals surface area contributed by atoms with Crippen LogP contribution in [-0.2, 0) is 14.6 Å². The van der Waals surface area contributed by atoms with Gasteiger partial charge in [0.1, 0.15) is 0 Å². The number of carbonyl (C=O) groups is 1. The first-order valence-electron chi connectivity index (χ1n) is 7.03. The summed E-state index contributed by atoms with van der Waals surface area (Å²) in [5.41, 5.74) is 0.655. The third-order valence-corrected chi connectivity index (χ3v) is 7.36. The number of benzene rings is 1. The van der Waals surface area contributed by atoms with E-state index >= 15 is 0 Å². The number of rotatable bonds is 2. The molecule has 0 unspecified atom stereocenters. The first-order valence-corrected chi connectivity index (χ1v) is 10.5. The number of carbonyl (C=O) groups excluding carboxylic acids is 1. The molecule has 1 amide bonds. The van der Waals surface area contributed by atoms with E-state index in [0.717, 1.165) is 0 Å². The second kappa shape index (κ2) is 6.27. The van der Waals surface area contributed by atoms with Gasteiger partial charge in [-0.15, -0.1) is 0 Å². The van der Waals surface area contributed by atoms with Crippen LogP contribution in [0.2, 0.25) is 10.0 Å². The first kappa shape index (κ1) is 17.1. The average Bonchev–Trinajstić information content (AvgIpc) is 2.88. The predicted molar refractivity (Wildman–Crippen MR) is 95.5 cm³/mol.